The van der Waals surface area contributed by atoms with Gasteiger partial charge in [0.25, 0.3) is 0 Å². The molecule has 0 radical (unpaired) electrons. The van der Waals surface area contributed by atoms with Crippen LogP contribution in [0.4, 0.5) is 0 Å². The summed E-state index contributed by atoms with van der Waals surface area (Å²) in [7, 11) is 0. The number of nitrogens with one attached hydrogen (secondary N) is 1. The Morgan fingerprint density at radius 2 is 1.36 bits per heavy atom. The highest BCUT2D eigenvalue weighted by Crippen LogP contribution is 2.32. The Morgan fingerprint density at radius 3 is 1.79 bits per heavy atom. The number of hydrogen-bond donors (Lipinski definition) is 2. The molecule has 1 amide bonds. The van der Waals surface area contributed by atoms with Crippen LogP contribution >= 0.6 is 0 Å². The van der Waals surface area contributed by atoms with Gasteiger partial charge in [-0.05, 0) is 31.9 Å². The van der Waals surface area contributed by atoms with Gasteiger partial charge in [-0.3, -0.25) is 14.4 Å². The van der Waals surface area contributed by atoms with Crippen LogP contribution in [0.5, 0.6) is 0 Å². The van der Waals surface area contributed by atoms with E-state index >= 15 is 0 Å². The predicted octanol–water partition coefficient (Wildman–Crippen LogP) is 2.69. The standard InChI is InChI=1S/C25H29NO7/c1-4-32-20(27)16-19(23(30)33-5-2)21(22(28)29)26-24(31)25(3,17-12-8-6-9-13-17)18-14-10-7-11-15-18/h6-15,19,21H,4-5,16H2,1-3H3,(H,26,31)(H,28,29)/t19-,21-/m1/s1. The van der Waals surface area contributed by atoms with Crippen molar-refractivity contribution in [3.8, 4) is 0 Å². The number of carbonyl (C=O) groups is 4. The molecule has 0 saturated heterocycles. The molecule has 176 valence electrons. The minimum absolute atomic E-state index is 0.00973. The van der Waals surface area contributed by atoms with Crippen LogP contribution < -0.4 is 5.32 Å². The fraction of sp³-hybridized carbons (Fsp3) is 0.360. The summed E-state index contributed by atoms with van der Waals surface area (Å²) >= 11 is 0. The lowest BCUT2D eigenvalue weighted by molar-refractivity contribution is -0.160. The molecule has 8 nitrogen and oxygen atoms in total. The zero-order valence-electron chi connectivity index (χ0n) is 18.9. The van der Waals surface area contributed by atoms with E-state index in [1.165, 1.54) is 0 Å². The first kappa shape index (κ1) is 25.6. The monoisotopic (exact) mass is 455 g/mol. The second-order valence-electron chi connectivity index (χ2n) is 7.51. The van der Waals surface area contributed by atoms with Crippen molar-refractivity contribution >= 4 is 23.8 Å². The fourth-order valence-corrected chi connectivity index (χ4v) is 3.58. The Hall–Kier alpha value is -3.68. The van der Waals surface area contributed by atoms with E-state index in [4.69, 9.17) is 9.47 Å². The molecule has 0 bridgehead atoms. The highest BCUT2D eigenvalue weighted by atomic mass is 16.5. The summed E-state index contributed by atoms with van der Waals surface area (Å²) in [5, 5.41) is 12.4. The third-order valence-corrected chi connectivity index (χ3v) is 5.39. The lowest BCUT2D eigenvalue weighted by Crippen LogP contribution is -2.54. The second-order valence-corrected chi connectivity index (χ2v) is 7.51. The maximum Gasteiger partial charge on any atom is 0.327 e. The fourth-order valence-electron chi connectivity index (χ4n) is 3.58. The summed E-state index contributed by atoms with van der Waals surface area (Å²) in [6, 6.07) is 16.1. The van der Waals surface area contributed by atoms with Crippen molar-refractivity contribution in [1.82, 2.24) is 5.32 Å². The Morgan fingerprint density at radius 1 is 0.879 bits per heavy atom. The van der Waals surface area contributed by atoms with Crippen molar-refractivity contribution in [2.75, 3.05) is 13.2 Å². The number of hydrogen-bond acceptors (Lipinski definition) is 6. The molecule has 8 heteroatoms. The molecule has 0 saturated carbocycles. The van der Waals surface area contributed by atoms with E-state index in [0.717, 1.165) is 0 Å². The number of ether oxygens (including phenoxy) is 2. The maximum absolute atomic E-state index is 13.6. The topological polar surface area (TPSA) is 119 Å². The van der Waals surface area contributed by atoms with Gasteiger partial charge in [0.1, 0.15) is 6.04 Å². The molecule has 2 atom stereocenters. The number of rotatable bonds is 11. The minimum Gasteiger partial charge on any atom is -0.480 e. The van der Waals surface area contributed by atoms with Gasteiger partial charge >= 0.3 is 17.9 Å². The van der Waals surface area contributed by atoms with E-state index < -0.39 is 47.6 Å². The van der Waals surface area contributed by atoms with Gasteiger partial charge in [-0.25, -0.2) is 4.79 Å². The summed E-state index contributed by atoms with van der Waals surface area (Å²) in [4.78, 5) is 50.4. The summed E-state index contributed by atoms with van der Waals surface area (Å²) in [5.74, 6) is -5.22. The van der Waals surface area contributed by atoms with Crippen molar-refractivity contribution in [2.24, 2.45) is 5.92 Å². The molecule has 0 heterocycles. The minimum atomic E-state index is -1.70. The van der Waals surface area contributed by atoms with Gasteiger partial charge in [0.05, 0.1) is 31.0 Å². The van der Waals surface area contributed by atoms with Crippen molar-refractivity contribution in [1.29, 1.82) is 0 Å². The van der Waals surface area contributed by atoms with E-state index in [2.05, 4.69) is 5.32 Å². The molecule has 2 rings (SSSR count). The van der Waals surface area contributed by atoms with Crippen LogP contribution in [0.15, 0.2) is 60.7 Å². The van der Waals surface area contributed by atoms with E-state index in [1.54, 1.807) is 69.3 Å². The van der Waals surface area contributed by atoms with Crippen LogP contribution in [0, 0.1) is 5.92 Å². The Bertz CT molecular complexity index is 920. The highest BCUT2D eigenvalue weighted by molar-refractivity contribution is 5.96. The van der Waals surface area contributed by atoms with Crippen LogP contribution in [-0.4, -0.2) is 48.2 Å². The molecule has 2 aromatic rings. The Kier molecular flexibility index (Phi) is 9.15. The summed E-state index contributed by atoms with van der Waals surface area (Å²) < 4.78 is 9.88. The first-order valence-corrected chi connectivity index (χ1v) is 10.7. The van der Waals surface area contributed by atoms with Crippen LogP contribution in [0.2, 0.25) is 0 Å². The molecule has 0 aliphatic rings. The molecule has 33 heavy (non-hydrogen) atoms. The molecule has 2 aromatic carbocycles. The molecule has 2 N–H and O–H groups in total. The quantitative estimate of drug-likeness (QED) is 0.500. The SMILES string of the molecule is CCOC(=O)C[C@@H](C(=O)OCC)[C@@H](NC(=O)C(C)(c1ccccc1)c1ccccc1)C(=O)O. The normalized spacial score (nSPS) is 12.8. The molecule has 0 aliphatic carbocycles. The van der Waals surface area contributed by atoms with E-state index in [0.29, 0.717) is 11.1 Å². The predicted molar refractivity (Wildman–Crippen MR) is 120 cm³/mol. The Balaban J connectivity index is 2.47. The highest BCUT2D eigenvalue weighted by Gasteiger charge is 2.43. The number of carbonyl (C=O) groups excluding carboxylic acids is 3. The zero-order chi connectivity index (χ0) is 24.4. The van der Waals surface area contributed by atoms with Crippen LogP contribution in [0.3, 0.4) is 0 Å². The molecular formula is C25H29NO7. The largest absolute Gasteiger partial charge is 0.480 e. The van der Waals surface area contributed by atoms with Crippen LogP contribution in [-0.2, 0) is 34.1 Å². The smallest absolute Gasteiger partial charge is 0.327 e. The summed E-state index contributed by atoms with van der Waals surface area (Å²) in [6.45, 7) is 4.90. The molecule has 0 spiro atoms. The molecule has 0 unspecified atom stereocenters. The van der Waals surface area contributed by atoms with Gasteiger partial charge in [0, 0.05) is 0 Å². The third-order valence-electron chi connectivity index (χ3n) is 5.39. The van der Waals surface area contributed by atoms with Crippen molar-refractivity contribution in [3.63, 3.8) is 0 Å². The third kappa shape index (κ3) is 6.19. The van der Waals surface area contributed by atoms with Gasteiger partial charge in [-0.1, -0.05) is 60.7 Å². The molecule has 0 aromatic heterocycles. The van der Waals surface area contributed by atoms with E-state index in [9.17, 15) is 24.3 Å². The Labute approximate surface area is 192 Å². The lowest BCUT2D eigenvalue weighted by atomic mass is 9.75. The average Bonchev–Trinajstić information content (AvgIpc) is 2.81. The van der Waals surface area contributed by atoms with Gasteiger partial charge in [0.2, 0.25) is 5.91 Å². The number of carboxylic acids is 1. The van der Waals surface area contributed by atoms with Crippen LogP contribution in [0.1, 0.15) is 38.3 Å². The number of amides is 1. The van der Waals surface area contributed by atoms with Crippen molar-refractivity contribution in [2.45, 2.75) is 38.6 Å². The number of carboxylic acid groups (broad SMARTS) is 1. The first-order chi connectivity index (χ1) is 15.7. The van der Waals surface area contributed by atoms with E-state index in [1.807, 2.05) is 12.1 Å². The molecular weight excluding hydrogens is 426 g/mol. The second kappa shape index (κ2) is 11.8. The first-order valence-electron chi connectivity index (χ1n) is 10.7. The molecule has 0 fully saturated rings. The maximum atomic E-state index is 13.6. The van der Waals surface area contributed by atoms with Gasteiger partial charge in [0.15, 0.2) is 0 Å². The average molecular weight is 456 g/mol. The number of esters is 2. The van der Waals surface area contributed by atoms with Crippen molar-refractivity contribution in [3.05, 3.63) is 71.8 Å². The zero-order valence-corrected chi connectivity index (χ0v) is 18.9. The summed E-state index contributed by atoms with van der Waals surface area (Å²) in [5.41, 5.74) is 0.00569. The number of benzene rings is 2. The lowest BCUT2D eigenvalue weighted by Gasteiger charge is -2.32. The van der Waals surface area contributed by atoms with Gasteiger partial charge in [-0.15, -0.1) is 0 Å². The molecule has 0 aliphatic heterocycles. The van der Waals surface area contributed by atoms with E-state index in [-0.39, 0.29) is 13.2 Å². The van der Waals surface area contributed by atoms with Gasteiger partial charge in [-0.2, -0.15) is 0 Å². The van der Waals surface area contributed by atoms with Crippen molar-refractivity contribution < 1.29 is 33.8 Å². The summed E-state index contributed by atoms with van der Waals surface area (Å²) in [6.07, 6.45) is -0.544. The number of aliphatic carboxylic acids is 1. The van der Waals surface area contributed by atoms with Crippen LogP contribution in [0.25, 0.3) is 0 Å². The van der Waals surface area contributed by atoms with Gasteiger partial charge < -0.3 is 19.9 Å².